The summed E-state index contributed by atoms with van der Waals surface area (Å²) in [6.45, 7) is 4.17. The molecule has 0 fully saturated rings. The highest BCUT2D eigenvalue weighted by Crippen LogP contribution is 2.28. The van der Waals surface area contributed by atoms with Gasteiger partial charge in [-0.2, -0.15) is 0 Å². The normalized spacial score (nSPS) is 10.5. The molecule has 1 rings (SSSR count). The molecular weight excluding hydrogens is 204 g/mol. The van der Waals surface area contributed by atoms with Gasteiger partial charge in [-0.1, -0.05) is 25.4 Å². The monoisotopic (exact) mass is 214 g/mol. The summed E-state index contributed by atoms with van der Waals surface area (Å²) in [4.78, 5) is 11.6. The van der Waals surface area contributed by atoms with E-state index >= 15 is 0 Å². The first-order valence-electron chi connectivity index (χ1n) is 4.05. The number of thioether (sulfide) groups is 1. The van der Waals surface area contributed by atoms with Gasteiger partial charge >= 0.3 is 0 Å². The molecule has 0 unspecified atom stereocenters. The number of rotatable bonds is 3. The lowest BCUT2D eigenvalue weighted by molar-refractivity contribution is 0.112. The maximum absolute atomic E-state index is 10.7. The lowest BCUT2D eigenvalue weighted by Gasteiger charge is -2.07. The van der Waals surface area contributed by atoms with Crippen molar-refractivity contribution in [2.24, 2.45) is 0 Å². The Morgan fingerprint density at radius 3 is 2.69 bits per heavy atom. The molecule has 0 aliphatic rings. The summed E-state index contributed by atoms with van der Waals surface area (Å²) in [5, 5.41) is 1.13. The van der Waals surface area contributed by atoms with Gasteiger partial charge in [-0.05, 0) is 18.2 Å². The molecule has 0 saturated heterocycles. The Bertz CT molecular complexity index is 310. The standard InChI is InChI=1S/C10H11ClOS/c1-7(2)13-10-5-9(11)4-3-8(10)6-12/h3-7H,1-2H3. The van der Waals surface area contributed by atoms with Crippen molar-refractivity contribution in [2.75, 3.05) is 0 Å². The Morgan fingerprint density at radius 1 is 1.46 bits per heavy atom. The average molecular weight is 215 g/mol. The molecule has 0 aliphatic heterocycles. The minimum absolute atomic E-state index is 0.456. The van der Waals surface area contributed by atoms with Crippen LogP contribution in [0, 0.1) is 0 Å². The second kappa shape index (κ2) is 4.68. The van der Waals surface area contributed by atoms with Crippen LogP contribution in [0.15, 0.2) is 23.1 Å². The Hall–Kier alpha value is -0.470. The average Bonchev–Trinajstić information content (AvgIpc) is 2.03. The second-order valence-corrected chi connectivity index (χ2v) is 5.02. The first-order valence-corrected chi connectivity index (χ1v) is 5.30. The topological polar surface area (TPSA) is 17.1 Å². The summed E-state index contributed by atoms with van der Waals surface area (Å²) in [7, 11) is 0. The minimum atomic E-state index is 0.456. The van der Waals surface area contributed by atoms with Crippen LogP contribution in [-0.4, -0.2) is 11.5 Å². The van der Waals surface area contributed by atoms with Crippen molar-refractivity contribution < 1.29 is 4.79 Å². The van der Waals surface area contributed by atoms with E-state index in [1.807, 2.05) is 6.07 Å². The van der Waals surface area contributed by atoms with Crippen molar-refractivity contribution in [3.8, 4) is 0 Å². The Labute approximate surface area is 87.5 Å². The number of carbonyl (C=O) groups is 1. The molecule has 0 aromatic heterocycles. The first kappa shape index (κ1) is 10.6. The number of hydrogen-bond acceptors (Lipinski definition) is 2. The molecule has 1 aromatic rings. The summed E-state index contributed by atoms with van der Waals surface area (Å²) in [6, 6.07) is 5.31. The highest BCUT2D eigenvalue weighted by atomic mass is 35.5. The van der Waals surface area contributed by atoms with Crippen LogP contribution in [0.5, 0.6) is 0 Å². The number of aldehydes is 1. The van der Waals surface area contributed by atoms with Gasteiger partial charge < -0.3 is 0 Å². The predicted octanol–water partition coefficient (Wildman–Crippen LogP) is 3.65. The maximum atomic E-state index is 10.7. The lowest BCUT2D eigenvalue weighted by atomic mass is 10.2. The summed E-state index contributed by atoms with van der Waals surface area (Å²) in [6.07, 6.45) is 0.862. The Balaban J connectivity index is 3.01. The quantitative estimate of drug-likeness (QED) is 0.564. The van der Waals surface area contributed by atoms with Crippen LogP contribution in [0.3, 0.4) is 0 Å². The smallest absolute Gasteiger partial charge is 0.151 e. The summed E-state index contributed by atoms with van der Waals surface area (Å²) >= 11 is 7.48. The predicted molar refractivity (Wildman–Crippen MR) is 57.8 cm³/mol. The summed E-state index contributed by atoms with van der Waals surface area (Å²) in [5.74, 6) is 0. The van der Waals surface area contributed by atoms with Gasteiger partial charge in [0.1, 0.15) is 0 Å². The van der Waals surface area contributed by atoms with Crippen LogP contribution in [0.4, 0.5) is 0 Å². The number of hydrogen-bond donors (Lipinski definition) is 0. The molecule has 0 atom stereocenters. The minimum Gasteiger partial charge on any atom is -0.298 e. The summed E-state index contributed by atoms with van der Waals surface area (Å²) in [5.41, 5.74) is 0.711. The number of carbonyl (C=O) groups excluding carboxylic acids is 1. The lowest BCUT2D eigenvalue weighted by Crippen LogP contribution is -1.90. The molecule has 1 nitrogen and oxygen atoms in total. The van der Waals surface area contributed by atoms with Gasteiger partial charge in [-0.3, -0.25) is 4.79 Å². The van der Waals surface area contributed by atoms with Crippen LogP contribution in [-0.2, 0) is 0 Å². The zero-order valence-corrected chi connectivity index (χ0v) is 9.15. The van der Waals surface area contributed by atoms with Gasteiger partial charge in [0, 0.05) is 20.7 Å². The zero-order valence-electron chi connectivity index (χ0n) is 7.58. The van der Waals surface area contributed by atoms with E-state index in [1.165, 1.54) is 0 Å². The maximum Gasteiger partial charge on any atom is 0.151 e. The van der Waals surface area contributed by atoms with E-state index < -0.39 is 0 Å². The van der Waals surface area contributed by atoms with Gasteiger partial charge in [-0.15, -0.1) is 11.8 Å². The van der Waals surface area contributed by atoms with E-state index in [0.29, 0.717) is 15.8 Å². The highest BCUT2D eigenvalue weighted by molar-refractivity contribution is 8.00. The van der Waals surface area contributed by atoms with Crippen molar-refractivity contribution in [1.29, 1.82) is 0 Å². The van der Waals surface area contributed by atoms with E-state index in [9.17, 15) is 4.79 Å². The van der Waals surface area contributed by atoms with Gasteiger partial charge in [0.25, 0.3) is 0 Å². The van der Waals surface area contributed by atoms with Gasteiger partial charge in [0.15, 0.2) is 6.29 Å². The van der Waals surface area contributed by atoms with Crippen LogP contribution in [0.2, 0.25) is 5.02 Å². The van der Waals surface area contributed by atoms with Crippen molar-refractivity contribution in [3.05, 3.63) is 28.8 Å². The third kappa shape index (κ3) is 3.05. The van der Waals surface area contributed by atoms with E-state index in [4.69, 9.17) is 11.6 Å². The highest BCUT2D eigenvalue weighted by Gasteiger charge is 2.05. The molecule has 3 heteroatoms. The third-order valence-corrected chi connectivity index (χ3v) is 2.78. The molecule has 1 aromatic carbocycles. The zero-order chi connectivity index (χ0) is 9.84. The van der Waals surface area contributed by atoms with Crippen molar-refractivity contribution in [1.82, 2.24) is 0 Å². The molecule has 0 radical (unpaired) electrons. The van der Waals surface area contributed by atoms with Crippen LogP contribution >= 0.6 is 23.4 Å². The molecular formula is C10H11ClOS. The van der Waals surface area contributed by atoms with Crippen LogP contribution in [0.25, 0.3) is 0 Å². The van der Waals surface area contributed by atoms with Crippen LogP contribution in [0.1, 0.15) is 24.2 Å². The van der Waals surface area contributed by atoms with E-state index in [0.717, 1.165) is 11.2 Å². The van der Waals surface area contributed by atoms with Gasteiger partial charge in [0.05, 0.1) is 0 Å². The Kier molecular flexibility index (Phi) is 3.82. The number of benzene rings is 1. The molecule has 0 heterocycles. The molecule has 13 heavy (non-hydrogen) atoms. The molecule has 0 spiro atoms. The van der Waals surface area contributed by atoms with E-state index in [2.05, 4.69) is 13.8 Å². The van der Waals surface area contributed by atoms with Crippen molar-refractivity contribution in [2.45, 2.75) is 24.0 Å². The molecule has 0 aliphatic carbocycles. The molecule has 0 N–H and O–H groups in total. The van der Waals surface area contributed by atoms with Crippen molar-refractivity contribution >= 4 is 29.6 Å². The fraction of sp³-hybridized carbons (Fsp3) is 0.300. The molecule has 70 valence electrons. The molecule has 0 saturated carbocycles. The largest absolute Gasteiger partial charge is 0.298 e. The van der Waals surface area contributed by atoms with Crippen molar-refractivity contribution in [3.63, 3.8) is 0 Å². The first-order chi connectivity index (χ1) is 6.13. The van der Waals surface area contributed by atoms with Gasteiger partial charge in [0.2, 0.25) is 0 Å². The summed E-state index contributed by atoms with van der Waals surface area (Å²) < 4.78 is 0. The fourth-order valence-electron chi connectivity index (χ4n) is 0.962. The van der Waals surface area contributed by atoms with E-state index in [1.54, 1.807) is 23.9 Å². The van der Waals surface area contributed by atoms with E-state index in [-0.39, 0.29) is 0 Å². The Morgan fingerprint density at radius 2 is 2.15 bits per heavy atom. The second-order valence-electron chi connectivity index (χ2n) is 2.97. The molecule has 0 bridgehead atoms. The van der Waals surface area contributed by atoms with Crippen LogP contribution < -0.4 is 0 Å². The SMILES string of the molecule is CC(C)Sc1cc(Cl)ccc1C=O. The third-order valence-electron chi connectivity index (χ3n) is 1.47. The number of halogens is 1. The fourth-order valence-corrected chi connectivity index (χ4v) is 2.15. The van der Waals surface area contributed by atoms with Gasteiger partial charge in [-0.25, -0.2) is 0 Å². The molecule has 0 amide bonds.